The van der Waals surface area contributed by atoms with Crippen LogP contribution in [0.2, 0.25) is 0 Å². The zero-order valence-corrected chi connectivity index (χ0v) is 22.5. The summed E-state index contributed by atoms with van der Waals surface area (Å²) >= 11 is 0. The fraction of sp³-hybridized carbons (Fsp3) is 0.308. The predicted octanol–water partition coefficient (Wildman–Crippen LogP) is 2.08. The van der Waals surface area contributed by atoms with Gasteiger partial charge in [0.1, 0.15) is 11.9 Å². The van der Waals surface area contributed by atoms with Gasteiger partial charge in [-0.25, -0.2) is 0 Å². The number of methoxy groups -OCH3 is 2. The molecule has 1 unspecified atom stereocenters. The molecular formula is C26H35BrMgO8. The Morgan fingerprint density at radius 2 is 1.31 bits per heavy atom. The third kappa shape index (κ3) is 8.50. The fourth-order valence-corrected chi connectivity index (χ4v) is 3.15. The van der Waals surface area contributed by atoms with Gasteiger partial charge in [-0.2, -0.15) is 0 Å². The average molecular weight is 580 g/mol. The van der Waals surface area contributed by atoms with E-state index in [1.54, 1.807) is 44.4 Å². The second-order valence-electron chi connectivity index (χ2n) is 6.84. The van der Waals surface area contributed by atoms with E-state index in [4.69, 9.17) is 28.5 Å². The first-order chi connectivity index (χ1) is 14.9. The Labute approximate surface area is 239 Å². The Kier molecular flexibility index (Phi) is 18.6. The molecule has 8 nitrogen and oxygen atoms in total. The van der Waals surface area contributed by atoms with E-state index in [1.807, 2.05) is 6.07 Å². The number of hydrogen-bond acceptors (Lipinski definition) is 8. The third-order valence-electron chi connectivity index (χ3n) is 4.65. The van der Waals surface area contributed by atoms with E-state index in [0.29, 0.717) is 34.7 Å². The maximum absolute atomic E-state index is 10.5. The molecule has 4 rings (SSSR count). The standard InChI is InChI=1S/C12H14O4.C11H10O4.2CH4.CH3.BrH.Mg/c1-7(14)10-5-9-3-8(6-13)4-11(15-2)12(9)16-10;1-14-10-3-7(5-12)2-8-4-9(6-13)15-11(8)10;;;;;/h3-5,7,13-14H,6H2,1-2H3;2-4,6,12H,5H2,1H3;2*1H4;1H3;1H;/q;;;;-1;;+2/p-1. The smallest absolute Gasteiger partial charge is 1.00 e. The summed E-state index contributed by atoms with van der Waals surface area (Å²) in [6, 6.07) is 10.3. The molecule has 0 aliphatic carbocycles. The molecule has 196 valence electrons. The molecule has 0 spiro atoms. The third-order valence-corrected chi connectivity index (χ3v) is 4.65. The first-order valence-corrected chi connectivity index (χ1v) is 9.49. The van der Waals surface area contributed by atoms with E-state index in [9.17, 15) is 9.90 Å². The van der Waals surface area contributed by atoms with Crippen LogP contribution in [-0.2, 0) is 13.2 Å². The summed E-state index contributed by atoms with van der Waals surface area (Å²) in [5, 5.41) is 29.1. The van der Waals surface area contributed by atoms with Crippen molar-refractivity contribution in [2.75, 3.05) is 14.2 Å². The number of ether oxygens (including phenoxy) is 2. The summed E-state index contributed by atoms with van der Waals surface area (Å²) < 4.78 is 21.0. The van der Waals surface area contributed by atoms with Gasteiger partial charge in [0, 0.05) is 10.8 Å². The first kappa shape index (κ1) is 38.4. The van der Waals surface area contributed by atoms with Crippen molar-refractivity contribution in [1.29, 1.82) is 0 Å². The number of hydrogen-bond donors (Lipinski definition) is 3. The van der Waals surface area contributed by atoms with Crippen molar-refractivity contribution in [3.63, 3.8) is 0 Å². The van der Waals surface area contributed by atoms with Gasteiger partial charge in [-0.05, 0) is 54.4 Å². The summed E-state index contributed by atoms with van der Waals surface area (Å²) in [5.41, 5.74) is 2.59. The Bertz CT molecular complexity index is 1200. The Balaban J connectivity index is -0.000000532. The molecule has 0 saturated carbocycles. The van der Waals surface area contributed by atoms with Gasteiger partial charge in [0.25, 0.3) is 0 Å². The number of benzene rings is 2. The molecule has 2 aromatic carbocycles. The van der Waals surface area contributed by atoms with Crippen molar-refractivity contribution >= 4 is 51.3 Å². The second kappa shape index (κ2) is 17.4. The number of carbonyl (C=O) groups excluding carboxylic acids is 1. The first-order valence-electron chi connectivity index (χ1n) is 9.49. The molecule has 4 aromatic rings. The van der Waals surface area contributed by atoms with Gasteiger partial charge in [0.2, 0.25) is 0 Å². The van der Waals surface area contributed by atoms with Crippen LogP contribution in [0.5, 0.6) is 11.5 Å². The summed E-state index contributed by atoms with van der Waals surface area (Å²) in [5.74, 6) is 1.82. The molecule has 2 heterocycles. The van der Waals surface area contributed by atoms with E-state index in [-0.39, 0.29) is 81.3 Å². The predicted molar refractivity (Wildman–Crippen MR) is 139 cm³/mol. The van der Waals surface area contributed by atoms with Gasteiger partial charge >= 0.3 is 23.1 Å². The van der Waals surface area contributed by atoms with Crippen molar-refractivity contribution in [2.45, 2.75) is 41.1 Å². The molecule has 1 atom stereocenters. The number of rotatable bonds is 6. The SMILES string of the molecule is C.C.COc1cc(CO)cc2cc(C(C)O)oc12.COc1cc(CO)cc2cc(C=O)oc12.[Br-].[CH3-].[Mg+2]. The number of aliphatic hydroxyl groups excluding tert-OH is 3. The number of halogens is 1. The molecule has 0 fully saturated rings. The molecule has 0 amide bonds. The minimum absolute atomic E-state index is 0. The maximum Gasteiger partial charge on any atom is 2.00 e. The van der Waals surface area contributed by atoms with Crippen LogP contribution in [0.1, 0.15) is 55.3 Å². The number of aldehydes is 1. The van der Waals surface area contributed by atoms with Gasteiger partial charge in [0.05, 0.1) is 27.4 Å². The molecule has 0 aliphatic rings. The van der Waals surface area contributed by atoms with E-state index < -0.39 is 6.10 Å². The van der Waals surface area contributed by atoms with Crippen LogP contribution in [0.4, 0.5) is 0 Å². The Morgan fingerprint density at radius 1 is 0.861 bits per heavy atom. The van der Waals surface area contributed by atoms with Crippen LogP contribution in [0, 0.1) is 7.43 Å². The molecule has 0 saturated heterocycles. The Hall–Kier alpha value is -2.08. The largest absolute Gasteiger partial charge is 2.00 e. The molecule has 3 N–H and O–H groups in total. The van der Waals surface area contributed by atoms with Crippen molar-refractivity contribution < 1.29 is 55.4 Å². The van der Waals surface area contributed by atoms with Gasteiger partial charge in [-0.3, -0.25) is 4.79 Å². The van der Waals surface area contributed by atoms with E-state index in [0.717, 1.165) is 21.9 Å². The normalized spacial score (nSPS) is 10.2. The topological polar surface area (TPSA) is 123 Å². The number of furan rings is 2. The molecule has 36 heavy (non-hydrogen) atoms. The molecule has 0 aliphatic heterocycles. The molecule has 10 heteroatoms. The van der Waals surface area contributed by atoms with Gasteiger partial charge in [-0.15, -0.1) is 0 Å². The summed E-state index contributed by atoms with van der Waals surface area (Å²) in [6.45, 7) is 1.51. The van der Waals surface area contributed by atoms with Crippen LogP contribution in [0.3, 0.4) is 0 Å². The van der Waals surface area contributed by atoms with Crippen molar-refractivity contribution in [3.8, 4) is 11.5 Å². The fourth-order valence-electron chi connectivity index (χ4n) is 3.15. The van der Waals surface area contributed by atoms with Crippen LogP contribution in [0.25, 0.3) is 21.9 Å². The molecular weight excluding hydrogens is 544 g/mol. The second-order valence-corrected chi connectivity index (χ2v) is 6.84. The van der Waals surface area contributed by atoms with E-state index in [1.165, 1.54) is 7.11 Å². The van der Waals surface area contributed by atoms with Crippen LogP contribution < -0.4 is 26.5 Å². The van der Waals surface area contributed by atoms with Crippen LogP contribution >= 0.6 is 0 Å². The van der Waals surface area contributed by atoms with Crippen molar-refractivity contribution in [2.24, 2.45) is 0 Å². The number of carbonyl (C=O) groups is 1. The monoisotopic (exact) mass is 578 g/mol. The van der Waals surface area contributed by atoms with E-state index in [2.05, 4.69) is 0 Å². The zero-order valence-electron chi connectivity index (χ0n) is 19.5. The Morgan fingerprint density at radius 3 is 1.69 bits per heavy atom. The summed E-state index contributed by atoms with van der Waals surface area (Å²) in [6.07, 6.45) is -0.0207. The minimum atomic E-state index is -0.658. The van der Waals surface area contributed by atoms with Crippen LogP contribution in [0.15, 0.2) is 45.2 Å². The van der Waals surface area contributed by atoms with Crippen molar-refractivity contribution in [1.82, 2.24) is 0 Å². The summed E-state index contributed by atoms with van der Waals surface area (Å²) in [4.78, 5) is 10.5. The average Bonchev–Trinajstić information content (AvgIpc) is 3.41. The van der Waals surface area contributed by atoms with Crippen molar-refractivity contribution in [3.05, 3.63) is 66.5 Å². The number of aliphatic hydroxyl groups is 3. The quantitative estimate of drug-likeness (QED) is 0.180. The maximum atomic E-state index is 10.5. The molecule has 0 bridgehead atoms. The van der Waals surface area contributed by atoms with E-state index >= 15 is 0 Å². The zero-order chi connectivity index (χ0) is 22.5. The molecule has 2 aromatic heterocycles. The molecule has 0 radical (unpaired) electrons. The van der Waals surface area contributed by atoms with Gasteiger partial charge < -0.3 is 58.0 Å². The number of fused-ring (bicyclic) bond motifs is 2. The minimum Gasteiger partial charge on any atom is -1.00 e. The van der Waals surface area contributed by atoms with Crippen LogP contribution in [-0.4, -0.2) is 58.9 Å². The van der Waals surface area contributed by atoms with Gasteiger partial charge in [-0.1, -0.05) is 14.9 Å². The summed E-state index contributed by atoms with van der Waals surface area (Å²) in [7, 11) is 3.06. The van der Waals surface area contributed by atoms with Gasteiger partial charge in [0.15, 0.2) is 34.7 Å².